The molecule has 12 rings (SSSR count). The first kappa shape index (κ1) is 51.7. The highest BCUT2D eigenvalue weighted by atomic mass is 79.9. The number of carbonyl (C=O) groups is 4. The van der Waals surface area contributed by atoms with Crippen molar-refractivity contribution in [1.82, 2.24) is 19.6 Å². The van der Waals surface area contributed by atoms with E-state index in [-0.39, 0.29) is 47.8 Å². The molecular weight excluding hydrogens is 1030 g/mol. The van der Waals surface area contributed by atoms with Gasteiger partial charge in [0.1, 0.15) is 23.7 Å². The van der Waals surface area contributed by atoms with Crippen LogP contribution >= 0.6 is 15.9 Å². The lowest BCUT2D eigenvalue weighted by atomic mass is 9.79. The number of hydrogen-bond acceptors (Lipinski definition) is 12. The molecule has 0 aliphatic carbocycles. The van der Waals surface area contributed by atoms with Crippen LogP contribution in [0.25, 0.3) is 11.1 Å². The molecule has 0 bridgehead atoms. The summed E-state index contributed by atoms with van der Waals surface area (Å²) in [6.07, 6.45) is 4.38. The molecule has 4 amide bonds. The standard InChI is InChI=1S/C29H28N4O3.C18H16BrN3O2.C11H14BNO3/c1-32-27(35)29(31-28(32)30)18-25(19-8-3-2-4-9-19)36-24-13-12-21(17-23(24)29)20-10-7-11-22(16-20)26(34)33-14-5-6-15-33;1-22-16(23)18(21-17(22)20)10-15(11-5-3-2-4-6-11)24-14-8-7-12(19)9-13(14)18;14-11(13-6-1-2-7-13)9-4-3-5-10(8-9)12(15)16/h2-4,7-13,16-17,25H,5-6,14-15,18H2,1H3,(H2,30,31);2-9,15H,10H2,1H3,(H2,20,21);3-5,8,15-16H,1-2,6-7H2. The lowest BCUT2D eigenvalue weighted by molar-refractivity contribution is -0.133. The van der Waals surface area contributed by atoms with Crippen LogP contribution in [-0.2, 0) is 20.7 Å². The number of rotatable bonds is 6. The molecule has 2 fully saturated rings. The van der Waals surface area contributed by atoms with Crippen molar-refractivity contribution < 1.29 is 38.7 Å². The van der Waals surface area contributed by atoms with E-state index in [0.717, 1.165) is 84.2 Å². The van der Waals surface area contributed by atoms with Crippen LogP contribution in [0.2, 0.25) is 0 Å². The smallest absolute Gasteiger partial charge is 0.485 e. The molecule has 6 aliphatic heterocycles. The fourth-order valence-corrected chi connectivity index (χ4v) is 11.2. The number of guanidine groups is 2. The molecule has 0 saturated carbocycles. The van der Waals surface area contributed by atoms with E-state index in [0.29, 0.717) is 46.5 Å². The first-order valence-electron chi connectivity index (χ1n) is 25.5. The van der Waals surface area contributed by atoms with Crippen LogP contribution in [0.5, 0.6) is 11.5 Å². The number of likely N-dealkylation sites (tertiary alicyclic amines) is 2. The Morgan fingerprint density at radius 1 is 0.579 bits per heavy atom. The zero-order valence-corrected chi connectivity index (χ0v) is 43.8. The number of carbonyl (C=O) groups excluding carboxylic acids is 4. The normalized spacial score (nSPS) is 22.1. The number of ether oxygens (including phenoxy) is 2. The van der Waals surface area contributed by atoms with Crippen LogP contribution in [0.15, 0.2) is 160 Å². The Balaban J connectivity index is 0.000000141. The Kier molecular flexibility index (Phi) is 14.6. The molecule has 6 N–H and O–H groups in total. The zero-order valence-electron chi connectivity index (χ0n) is 42.2. The van der Waals surface area contributed by atoms with Crippen LogP contribution in [0, 0.1) is 0 Å². The van der Waals surface area contributed by atoms with Gasteiger partial charge >= 0.3 is 7.12 Å². The number of aliphatic imine (C=N–C) groups is 2. The third-order valence-corrected chi connectivity index (χ3v) is 15.4. The van der Waals surface area contributed by atoms with Crippen LogP contribution in [-0.4, -0.2) is 113 Å². The van der Waals surface area contributed by atoms with Crippen LogP contribution in [0.4, 0.5) is 0 Å². The van der Waals surface area contributed by atoms with Gasteiger partial charge < -0.3 is 40.8 Å². The van der Waals surface area contributed by atoms with E-state index in [1.165, 1.54) is 15.9 Å². The third-order valence-electron chi connectivity index (χ3n) is 14.9. The molecule has 6 heterocycles. The Labute approximate surface area is 449 Å². The van der Waals surface area contributed by atoms with Gasteiger partial charge in [-0.25, -0.2) is 9.98 Å². The van der Waals surface area contributed by atoms with Crippen molar-refractivity contribution in [3.05, 3.63) is 183 Å². The number of halogens is 1. The Hall–Kier alpha value is -7.80. The monoisotopic (exact) mass is 1080 g/mol. The van der Waals surface area contributed by atoms with E-state index >= 15 is 0 Å². The van der Waals surface area contributed by atoms with Gasteiger partial charge in [-0.15, -0.1) is 0 Å². The molecular formula is C58H58BBrN8O8. The SMILES string of the molecule is CN1C(=O)C2(CC(c3ccccc3)Oc3ccc(-c4cccc(C(=O)N5CCCC5)c4)cc32)N=C1N.CN1C(=O)C2(CC(c3ccccc3)Oc3ccc(Br)cc32)N=C1N.O=C(c1cccc(B(O)O)c1)N1CCCC1. The van der Waals surface area contributed by atoms with Gasteiger partial charge in [-0.3, -0.25) is 29.0 Å². The summed E-state index contributed by atoms with van der Waals surface area (Å²) in [7, 11) is 1.78. The fourth-order valence-electron chi connectivity index (χ4n) is 10.8. The number of nitrogens with two attached hydrogens (primary N) is 2. The molecule has 4 atom stereocenters. The summed E-state index contributed by atoms with van der Waals surface area (Å²) < 4.78 is 13.5. The molecule has 2 saturated heterocycles. The number of likely N-dealkylation sites (N-methyl/N-ethyl adjacent to an activating group) is 2. The molecule has 0 aromatic heterocycles. The summed E-state index contributed by atoms with van der Waals surface area (Å²) in [5.41, 5.74) is 16.7. The summed E-state index contributed by atoms with van der Waals surface area (Å²) in [5.74, 6) is 1.46. The average molecular weight is 1090 g/mol. The van der Waals surface area contributed by atoms with E-state index in [2.05, 4.69) is 20.9 Å². The van der Waals surface area contributed by atoms with Gasteiger partial charge in [-0.1, -0.05) is 107 Å². The molecule has 16 nitrogen and oxygen atoms in total. The molecule has 0 radical (unpaired) electrons. The third kappa shape index (κ3) is 9.95. The summed E-state index contributed by atoms with van der Waals surface area (Å²) in [5, 5.41) is 18.1. The quantitative estimate of drug-likeness (QED) is 0.130. The van der Waals surface area contributed by atoms with Crippen molar-refractivity contribution in [2.75, 3.05) is 40.3 Å². The maximum absolute atomic E-state index is 13.6. The maximum Gasteiger partial charge on any atom is 0.488 e. The fraction of sp³-hybridized carbons (Fsp3) is 0.276. The summed E-state index contributed by atoms with van der Waals surface area (Å²) in [4.78, 5) is 67.4. The topological polar surface area (TPSA) is 217 Å². The highest BCUT2D eigenvalue weighted by Crippen LogP contribution is 2.52. The van der Waals surface area contributed by atoms with Crippen molar-refractivity contribution in [2.24, 2.45) is 21.5 Å². The van der Waals surface area contributed by atoms with E-state index in [1.807, 2.05) is 126 Å². The van der Waals surface area contributed by atoms with Gasteiger partial charge in [0.2, 0.25) is 0 Å². The van der Waals surface area contributed by atoms with Gasteiger partial charge in [0.15, 0.2) is 23.0 Å². The number of amides is 4. The van der Waals surface area contributed by atoms with E-state index in [9.17, 15) is 19.2 Å². The van der Waals surface area contributed by atoms with E-state index < -0.39 is 18.2 Å². The predicted octanol–water partition coefficient (Wildman–Crippen LogP) is 6.65. The van der Waals surface area contributed by atoms with Crippen LogP contribution < -0.4 is 26.4 Å². The molecule has 76 heavy (non-hydrogen) atoms. The van der Waals surface area contributed by atoms with E-state index in [1.54, 1.807) is 37.2 Å². The molecule has 4 unspecified atom stereocenters. The average Bonchev–Trinajstić information content (AvgIpc) is 4.31. The predicted molar refractivity (Wildman–Crippen MR) is 294 cm³/mol. The number of hydrogen-bond donors (Lipinski definition) is 4. The molecule has 2 spiro atoms. The van der Waals surface area contributed by atoms with Gasteiger partial charge in [0.05, 0.1) is 0 Å². The lowest BCUT2D eigenvalue weighted by Gasteiger charge is -2.37. The van der Waals surface area contributed by atoms with Gasteiger partial charge in [0.25, 0.3) is 23.6 Å². The second kappa shape index (κ2) is 21.4. The second-order valence-corrected chi connectivity index (χ2v) is 20.7. The largest absolute Gasteiger partial charge is 0.488 e. The number of fused-ring (bicyclic) bond motifs is 4. The summed E-state index contributed by atoms with van der Waals surface area (Å²) >= 11 is 3.47. The van der Waals surface area contributed by atoms with Crippen molar-refractivity contribution in [2.45, 2.75) is 61.8 Å². The van der Waals surface area contributed by atoms with Crippen LogP contribution in [0.1, 0.15) is 93.7 Å². The summed E-state index contributed by atoms with van der Waals surface area (Å²) in [6, 6.07) is 45.4. The van der Waals surface area contributed by atoms with Crippen molar-refractivity contribution in [3.63, 3.8) is 0 Å². The minimum atomic E-state index is -1.52. The zero-order chi connectivity index (χ0) is 53.3. The Morgan fingerprint density at radius 3 is 1.50 bits per heavy atom. The summed E-state index contributed by atoms with van der Waals surface area (Å²) in [6.45, 7) is 3.20. The van der Waals surface area contributed by atoms with Gasteiger partial charge in [0, 0.05) is 79.8 Å². The van der Waals surface area contributed by atoms with E-state index in [4.69, 9.17) is 36.0 Å². The molecule has 388 valence electrons. The molecule has 6 aliphatic rings. The number of benzene rings is 6. The van der Waals surface area contributed by atoms with Crippen molar-refractivity contribution in [3.8, 4) is 22.6 Å². The maximum atomic E-state index is 13.6. The molecule has 18 heteroatoms. The molecule has 6 aromatic carbocycles. The van der Waals surface area contributed by atoms with Crippen LogP contribution in [0.3, 0.4) is 0 Å². The van der Waals surface area contributed by atoms with Gasteiger partial charge in [-0.2, -0.15) is 0 Å². The first-order valence-corrected chi connectivity index (χ1v) is 26.2. The first-order chi connectivity index (χ1) is 36.7. The van der Waals surface area contributed by atoms with Crippen molar-refractivity contribution in [1.29, 1.82) is 0 Å². The number of nitrogens with zero attached hydrogens (tertiary/aromatic N) is 6. The highest BCUT2D eigenvalue weighted by molar-refractivity contribution is 9.10. The van der Waals surface area contributed by atoms with Crippen molar-refractivity contribution >= 4 is 64.1 Å². The Bertz CT molecular complexity index is 3260. The highest BCUT2D eigenvalue weighted by Gasteiger charge is 2.55. The minimum Gasteiger partial charge on any atom is -0.485 e. The lowest BCUT2D eigenvalue weighted by Crippen LogP contribution is -2.43. The van der Waals surface area contributed by atoms with Gasteiger partial charge in [-0.05, 0) is 108 Å². The molecule has 6 aromatic rings. The minimum absolute atomic E-state index is 0.0278. The Morgan fingerprint density at radius 2 is 1.03 bits per heavy atom. The second-order valence-electron chi connectivity index (χ2n) is 19.8.